The molecule has 0 aliphatic carbocycles. The van der Waals surface area contributed by atoms with Gasteiger partial charge in [0.05, 0.1) is 6.61 Å². The van der Waals surface area contributed by atoms with Crippen LogP contribution >= 0.6 is 0 Å². The molecule has 132 valence electrons. The fourth-order valence-corrected chi connectivity index (χ4v) is 5.35. The van der Waals surface area contributed by atoms with Gasteiger partial charge in [0, 0.05) is 17.5 Å². The summed E-state index contributed by atoms with van der Waals surface area (Å²) in [6.45, 7) is 0.169. The molecule has 2 aliphatic rings. The largest absolute Gasteiger partial charge is 0.395 e. The van der Waals surface area contributed by atoms with Gasteiger partial charge in [-0.15, -0.1) is 0 Å². The molecule has 0 radical (unpaired) electrons. The second-order valence-electron chi connectivity index (χ2n) is 8.06. The lowest BCUT2D eigenvalue weighted by Gasteiger charge is -2.42. The van der Waals surface area contributed by atoms with E-state index in [9.17, 15) is 5.11 Å². The van der Waals surface area contributed by atoms with Crippen LogP contribution in [0.25, 0.3) is 0 Å². The topological polar surface area (TPSA) is 23.5 Å². The van der Waals surface area contributed by atoms with Crippen molar-refractivity contribution in [3.63, 3.8) is 0 Å². The van der Waals surface area contributed by atoms with Crippen molar-refractivity contribution < 1.29 is 5.11 Å². The highest BCUT2D eigenvalue weighted by Gasteiger charge is 2.43. The monoisotopic (exact) mass is 335 g/mol. The molecule has 2 saturated heterocycles. The number of fused-ring (bicyclic) bond motifs is 2. The molecule has 0 unspecified atom stereocenters. The van der Waals surface area contributed by atoms with E-state index in [1.807, 2.05) is 0 Å². The molecule has 0 amide bonds. The third kappa shape index (κ3) is 3.02. The van der Waals surface area contributed by atoms with E-state index in [2.05, 4.69) is 72.6 Å². The van der Waals surface area contributed by atoms with E-state index < -0.39 is 0 Å². The van der Waals surface area contributed by atoms with Crippen LogP contribution in [0.5, 0.6) is 0 Å². The van der Waals surface area contributed by atoms with Gasteiger partial charge in [0.15, 0.2) is 0 Å². The van der Waals surface area contributed by atoms with E-state index in [0.29, 0.717) is 5.92 Å². The average molecular weight is 335 g/mol. The molecule has 2 nitrogen and oxygen atoms in total. The third-order valence-corrected chi connectivity index (χ3v) is 6.76. The van der Waals surface area contributed by atoms with Gasteiger partial charge in [0.1, 0.15) is 0 Å². The summed E-state index contributed by atoms with van der Waals surface area (Å²) in [6.07, 6.45) is 6.28. The van der Waals surface area contributed by atoms with Crippen LogP contribution in [0.3, 0.4) is 0 Å². The summed E-state index contributed by atoms with van der Waals surface area (Å²) in [6, 6.07) is 22.8. The predicted octanol–water partition coefficient (Wildman–Crippen LogP) is 4.23. The van der Waals surface area contributed by atoms with E-state index in [0.717, 1.165) is 18.5 Å². The number of nitrogens with zero attached hydrogens (tertiary/aromatic N) is 1. The average Bonchev–Trinajstić information content (AvgIpc) is 2.88. The van der Waals surface area contributed by atoms with Crippen molar-refractivity contribution in [3.05, 3.63) is 71.8 Å². The molecule has 0 spiro atoms. The van der Waals surface area contributed by atoms with E-state index >= 15 is 0 Å². The van der Waals surface area contributed by atoms with Crippen LogP contribution in [0.2, 0.25) is 0 Å². The highest BCUT2D eigenvalue weighted by atomic mass is 16.3. The zero-order chi connectivity index (χ0) is 17.3. The first-order valence-electron chi connectivity index (χ1n) is 9.67. The number of aliphatic hydroxyl groups is 1. The van der Waals surface area contributed by atoms with E-state index in [1.165, 1.54) is 36.8 Å². The lowest BCUT2D eigenvalue weighted by molar-refractivity contribution is 0.105. The second-order valence-corrected chi connectivity index (χ2v) is 8.06. The van der Waals surface area contributed by atoms with Crippen molar-refractivity contribution >= 4 is 0 Å². The zero-order valence-electron chi connectivity index (χ0n) is 15.1. The zero-order valence-corrected chi connectivity index (χ0v) is 15.1. The first-order chi connectivity index (χ1) is 12.2. The van der Waals surface area contributed by atoms with Crippen molar-refractivity contribution in [2.75, 3.05) is 13.7 Å². The van der Waals surface area contributed by atoms with Gasteiger partial charge in [-0.25, -0.2) is 0 Å². The van der Waals surface area contributed by atoms with Crippen molar-refractivity contribution in [1.29, 1.82) is 0 Å². The van der Waals surface area contributed by atoms with Crippen LogP contribution in [0.1, 0.15) is 43.2 Å². The number of rotatable bonds is 5. The standard InChI is InChI=1S/C23H29NO/c1-24-21-12-13-22(24)15-18(14-21)16-23(17-25,19-8-4-2-5-9-19)20-10-6-3-7-11-20/h2-11,18,21-22,25H,12-17H2,1H3/t18-,21+,22-. The Labute approximate surface area is 151 Å². The Morgan fingerprint density at radius 1 is 0.880 bits per heavy atom. The first-order valence-corrected chi connectivity index (χ1v) is 9.67. The van der Waals surface area contributed by atoms with Crippen LogP contribution in [-0.2, 0) is 5.41 Å². The van der Waals surface area contributed by atoms with Gasteiger partial charge in [0.2, 0.25) is 0 Å². The lowest BCUT2D eigenvalue weighted by atomic mass is 9.67. The van der Waals surface area contributed by atoms with Gasteiger partial charge in [-0.3, -0.25) is 0 Å². The van der Waals surface area contributed by atoms with Gasteiger partial charge in [-0.1, -0.05) is 60.7 Å². The fourth-order valence-electron chi connectivity index (χ4n) is 5.35. The Morgan fingerprint density at radius 2 is 1.36 bits per heavy atom. The first kappa shape index (κ1) is 16.8. The predicted molar refractivity (Wildman–Crippen MR) is 103 cm³/mol. The SMILES string of the molecule is CN1[C@@H]2CC[C@H]1C[C@@H](CC(CO)(c1ccccc1)c1ccccc1)C2. The summed E-state index contributed by atoms with van der Waals surface area (Å²) in [5.41, 5.74) is 2.20. The molecule has 1 N–H and O–H groups in total. The smallest absolute Gasteiger partial charge is 0.0568 e. The molecule has 3 atom stereocenters. The quantitative estimate of drug-likeness (QED) is 0.884. The van der Waals surface area contributed by atoms with Gasteiger partial charge < -0.3 is 10.0 Å². The van der Waals surface area contributed by atoms with E-state index in [4.69, 9.17) is 0 Å². The molecule has 0 aromatic heterocycles. The number of hydrogen-bond donors (Lipinski definition) is 1. The molecule has 2 aromatic carbocycles. The van der Waals surface area contributed by atoms with Crippen LogP contribution in [0.15, 0.2) is 60.7 Å². The molecular weight excluding hydrogens is 306 g/mol. The Morgan fingerprint density at radius 3 is 1.80 bits per heavy atom. The number of benzene rings is 2. The summed E-state index contributed by atoms with van der Waals surface area (Å²) in [5, 5.41) is 10.6. The summed E-state index contributed by atoms with van der Waals surface area (Å²) in [7, 11) is 2.30. The summed E-state index contributed by atoms with van der Waals surface area (Å²) in [5.74, 6) is 0.682. The minimum Gasteiger partial charge on any atom is -0.395 e. The highest BCUT2D eigenvalue weighted by Crippen LogP contribution is 2.45. The van der Waals surface area contributed by atoms with Crippen molar-refractivity contribution in [2.24, 2.45) is 5.92 Å². The minimum absolute atomic E-state index is 0.169. The normalized spacial score (nSPS) is 26.7. The number of piperidine rings is 1. The maximum Gasteiger partial charge on any atom is 0.0568 e. The van der Waals surface area contributed by atoms with Gasteiger partial charge in [-0.2, -0.15) is 0 Å². The molecule has 0 saturated carbocycles. The summed E-state index contributed by atoms with van der Waals surface area (Å²) >= 11 is 0. The molecule has 25 heavy (non-hydrogen) atoms. The molecule has 2 fully saturated rings. The maximum absolute atomic E-state index is 10.6. The Kier molecular flexibility index (Phi) is 4.66. The fraction of sp³-hybridized carbons (Fsp3) is 0.478. The Balaban J connectivity index is 1.69. The van der Waals surface area contributed by atoms with Gasteiger partial charge in [-0.05, 0) is 56.2 Å². The van der Waals surface area contributed by atoms with Crippen LogP contribution in [-0.4, -0.2) is 35.7 Å². The van der Waals surface area contributed by atoms with E-state index in [1.54, 1.807) is 0 Å². The molecule has 2 aliphatic heterocycles. The second kappa shape index (κ2) is 6.93. The van der Waals surface area contributed by atoms with Crippen LogP contribution in [0.4, 0.5) is 0 Å². The Hall–Kier alpha value is -1.64. The van der Waals surface area contributed by atoms with Crippen molar-refractivity contribution in [3.8, 4) is 0 Å². The molecule has 2 heteroatoms. The van der Waals surface area contributed by atoms with Gasteiger partial charge in [0.25, 0.3) is 0 Å². The summed E-state index contributed by atoms with van der Waals surface area (Å²) in [4.78, 5) is 2.60. The third-order valence-electron chi connectivity index (χ3n) is 6.76. The van der Waals surface area contributed by atoms with Crippen LogP contribution < -0.4 is 0 Å². The molecule has 2 aromatic rings. The summed E-state index contributed by atoms with van der Waals surface area (Å²) < 4.78 is 0. The Bertz CT molecular complexity index is 630. The minimum atomic E-state index is -0.289. The molecule has 4 rings (SSSR count). The van der Waals surface area contributed by atoms with Gasteiger partial charge >= 0.3 is 0 Å². The molecular formula is C23H29NO. The van der Waals surface area contributed by atoms with E-state index in [-0.39, 0.29) is 12.0 Å². The van der Waals surface area contributed by atoms with Crippen molar-refractivity contribution in [1.82, 2.24) is 4.90 Å². The van der Waals surface area contributed by atoms with Crippen LogP contribution in [0, 0.1) is 5.92 Å². The highest BCUT2D eigenvalue weighted by molar-refractivity contribution is 5.39. The van der Waals surface area contributed by atoms with Crippen molar-refractivity contribution in [2.45, 2.75) is 49.6 Å². The lowest BCUT2D eigenvalue weighted by Crippen LogP contribution is -2.43. The molecule has 2 bridgehead atoms. The maximum atomic E-state index is 10.6. The molecule has 2 heterocycles. The number of aliphatic hydroxyl groups excluding tert-OH is 1. The number of hydrogen-bond acceptors (Lipinski definition) is 2.